The number of amides is 2. The largest absolute Gasteiger partial charge is 0.416 e. The van der Waals surface area contributed by atoms with Crippen molar-refractivity contribution in [3.05, 3.63) is 64.8 Å². The number of hydrogen-bond donors (Lipinski definition) is 1. The smallest absolute Gasteiger partial charge is 0.331 e. The number of thiazole rings is 1. The Bertz CT molecular complexity index is 1080. The minimum absolute atomic E-state index is 0.0522. The Hall–Kier alpha value is -3.27. The van der Waals surface area contributed by atoms with E-state index in [9.17, 15) is 22.8 Å². The van der Waals surface area contributed by atoms with Gasteiger partial charge < -0.3 is 10.2 Å². The summed E-state index contributed by atoms with van der Waals surface area (Å²) in [4.78, 5) is 34.1. The van der Waals surface area contributed by atoms with Crippen molar-refractivity contribution in [3.63, 3.8) is 0 Å². The SMILES string of the molecule is Cc1ccnc(NC(=O)CN(C)C(=O)c2csc(-c3cccc(C(F)(F)F)c3)n2)c1. The molecule has 156 valence electrons. The summed E-state index contributed by atoms with van der Waals surface area (Å²) in [6.45, 7) is 1.63. The Balaban J connectivity index is 1.67. The summed E-state index contributed by atoms with van der Waals surface area (Å²) in [6.07, 6.45) is -2.91. The predicted octanol–water partition coefficient (Wildman–Crippen LogP) is 4.24. The number of carbonyl (C=O) groups excluding carboxylic acids is 2. The first kappa shape index (κ1) is 21.4. The molecule has 2 aromatic heterocycles. The van der Waals surface area contributed by atoms with Crippen molar-refractivity contribution in [2.45, 2.75) is 13.1 Å². The van der Waals surface area contributed by atoms with Crippen molar-refractivity contribution in [2.75, 3.05) is 18.9 Å². The molecule has 1 N–H and O–H groups in total. The minimum atomic E-state index is -4.47. The number of alkyl halides is 3. The van der Waals surface area contributed by atoms with Crippen molar-refractivity contribution < 1.29 is 22.8 Å². The Kier molecular flexibility index (Phi) is 6.16. The normalized spacial score (nSPS) is 11.2. The number of anilines is 1. The number of aryl methyl sites for hydroxylation is 1. The molecule has 2 amide bonds. The van der Waals surface area contributed by atoms with Crippen LogP contribution in [0.25, 0.3) is 10.6 Å². The minimum Gasteiger partial charge on any atom is -0.331 e. The van der Waals surface area contributed by atoms with E-state index in [1.807, 2.05) is 6.92 Å². The van der Waals surface area contributed by atoms with Crippen LogP contribution in [-0.4, -0.2) is 40.3 Å². The van der Waals surface area contributed by atoms with E-state index < -0.39 is 23.6 Å². The quantitative estimate of drug-likeness (QED) is 0.652. The highest BCUT2D eigenvalue weighted by atomic mass is 32.1. The van der Waals surface area contributed by atoms with Crippen LogP contribution in [0.1, 0.15) is 21.6 Å². The number of pyridine rings is 1. The number of nitrogens with one attached hydrogen (secondary N) is 1. The first-order valence-corrected chi connectivity index (χ1v) is 9.62. The van der Waals surface area contributed by atoms with Crippen molar-refractivity contribution in [1.82, 2.24) is 14.9 Å². The van der Waals surface area contributed by atoms with Crippen LogP contribution >= 0.6 is 11.3 Å². The zero-order chi connectivity index (χ0) is 21.9. The maximum absolute atomic E-state index is 12.9. The first-order valence-electron chi connectivity index (χ1n) is 8.74. The Morgan fingerprint density at radius 2 is 1.97 bits per heavy atom. The van der Waals surface area contributed by atoms with Crippen molar-refractivity contribution >= 4 is 29.0 Å². The Morgan fingerprint density at radius 3 is 2.67 bits per heavy atom. The number of hydrogen-bond acceptors (Lipinski definition) is 5. The Morgan fingerprint density at radius 1 is 1.20 bits per heavy atom. The molecule has 0 atom stereocenters. The monoisotopic (exact) mass is 434 g/mol. The van der Waals surface area contributed by atoms with Gasteiger partial charge in [-0.15, -0.1) is 11.3 Å². The summed E-state index contributed by atoms with van der Waals surface area (Å²) < 4.78 is 38.7. The lowest BCUT2D eigenvalue weighted by Gasteiger charge is -2.15. The van der Waals surface area contributed by atoms with E-state index in [1.165, 1.54) is 29.5 Å². The molecule has 1 aromatic carbocycles. The summed E-state index contributed by atoms with van der Waals surface area (Å²) in [5, 5.41) is 4.34. The molecule has 3 aromatic rings. The van der Waals surface area contributed by atoms with Crippen LogP contribution in [-0.2, 0) is 11.0 Å². The molecule has 0 aliphatic heterocycles. The van der Waals surface area contributed by atoms with Gasteiger partial charge >= 0.3 is 6.18 Å². The van der Waals surface area contributed by atoms with Gasteiger partial charge in [-0.05, 0) is 36.8 Å². The fourth-order valence-corrected chi connectivity index (χ4v) is 3.39. The zero-order valence-corrected chi connectivity index (χ0v) is 16.8. The number of likely N-dealkylation sites (N-methyl/N-ethyl adjacent to an activating group) is 1. The molecule has 0 radical (unpaired) electrons. The molecule has 0 aliphatic rings. The van der Waals surface area contributed by atoms with E-state index in [1.54, 1.807) is 18.3 Å². The molecular formula is C20H17F3N4O2S. The lowest BCUT2D eigenvalue weighted by atomic mass is 10.1. The van der Waals surface area contributed by atoms with Crippen LogP contribution in [0.3, 0.4) is 0 Å². The highest BCUT2D eigenvalue weighted by Crippen LogP contribution is 2.33. The molecule has 2 heterocycles. The molecule has 0 saturated heterocycles. The first-order chi connectivity index (χ1) is 14.1. The second kappa shape index (κ2) is 8.62. The third kappa shape index (κ3) is 5.20. The fraction of sp³-hybridized carbons (Fsp3) is 0.200. The van der Waals surface area contributed by atoms with Crippen LogP contribution in [0.15, 0.2) is 48.0 Å². The standard InChI is InChI=1S/C20H17F3N4O2S/c1-12-6-7-24-16(8-12)26-17(28)10-27(2)19(29)15-11-30-18(25-15)13-4-3-5-14(9-13)20(21,22)23/h3-9,11H,10H2,1-2H3,(H,24,26,28). The highest BCUT2D eigenvalue weighted by molar-refractivity contribution is 7.13. The molecule has 30 heavy (non-hydrogen) atoms. The summed E-state index contributed by atoms with van der Waals surface area (Å²) in [5.41, 5.74) is 0.451. The number of rotatable bonds is 5. The van der Waals surface area contributed by atoms with Gasteiger partial charge in [0.1, 0.15) is 16.5 Å². The van der Waals surface area contributed by atoms with Gasteiger partial charge in [0.05, 0.1) is 12.1 Å². The van der Waals surface area contributed by atoms with Gasteiger partial charge in [0.15, 0.2) is 0 Å². The maximum Gasteiger partial charge on any atom is 0.416 e. The average Bonchev–Trinajstić information content (AvgIpc) is 3.17. The summed E-state index contributed by atoms with van der Waals surface area (Å²) >= 11 is 1.05. The number of nitrogens with zero attached hydrogens (tertiary/aromatic N) is 3. The van der Waals surface area contributed by atoms with E-state index >= 15 is 0 Å². The van der Waals surface area contributed by atoms with Crippen LogP contribution < -0.4 is 5.32 Å². The summed E-state index contributed by atoms with van der Waals surface area (Å²) in [6, 6.07) is 8.22. The molecule has 0 bridgehead atoms. The van der Waals surface area contributed by atoms with E-state index in [0.717, 1.165) is 29.0 Å². The van der Waals surface area contributed by atoms with Gasteiger partial charge in [-0.25, -0.2) is 9.97 Å². The average molecular weight is 434 g/mol. The van der Waals surface area contributed by atoms with Gasteiger partial charge in [-0.3, -0.25) is 9.59 Å². The molecule has 10 heteroatoms. The predicted molar refractivity (Wildman–Crippen MR) is 107 cm³/mol. The van der Waals surface area contributed by atoms with Crippen molar-refractivity contribution in [1.29, 1.82) is 0 Å². The number of carbonyl (C=O) groups is 2. The molecule has 3 rings (SSSR count). The van der Waals surface area contributed by atoms with Crippen LogP contribution in [0, 0.1) is 6.92 Å². The van der Waals surface area contributed by atoms with Gasteiger partial charge in [0, 0.05) is 24.2 Å². The van der Waals surface area contributed by atoms with Gasteiger partial charge in [0.2, 0.25) is 5.91 Å². The molecular weight excluding hydrogens is 417 g/mol. The number of benzene rings is 1. The topological polar surface area (TPSA) is 75.2 Å². The molecule has 0 spiro atoms. The van der Waals surface area contributed by atoms with Gasteiger partial charge in [0.25, 0.3) is 5.91 Å². The second-order valence-corrected chi connectivity index (χ2v) is 7.40. The van der Waals surface area contributed by atoms with Crippen LogP contribution in [0.4, 0.5) is 19.0 Å². The molecule has 6 nitrogen and oxygen atoms in total. The number of aromatic nitrogens is 2. The lowest BCUT2D eigenvalue weighted by molar-refractivity contribution is -0.137. The third-order valence-corrected chi connectivity index (χ3v) is 4.96. The van der Waals surface area contributed by atoms with Crippen LogP contribution in [0.2, 0.25) is 0 Å². The summed E-state index contributed by atoms with van der Waals surface area (Å²) in [7, 11) is 1.44. The van der Waals surface area contributed by atoms with E-state index in [-0.39, 0.29) is 22.8 Å². The maximum atomic E-state index is 12.9. The van der Waals surface area contributed by atoms with Gasteiger partial charge in [-0.1, -0.05) is 12.1 Å². The van der Waals surface area contributed by atoms with E-state index in [2.05, 4.69) is 15.3 Å². The van der Waals surface area contributed by atoms with Gasteiger partial charge in [-0.2, -0.15) is 13.2 Å². The molecule has 0 saturated carbocycles. The van der Waals surface area contributed by atoms with Crippen molar-refractivity contribution in [2.24, 2.45) is 0 Å². The third-order valence-electron chi connectivity index (χ3n) is 4.07. The van der Waals surface area contributed by atoms with Crippen molar-refractivity contribution in [3.8, 4) is 10.6 Å². The lowest BCUT2D eigenvalue weighted by Crippen LogP contribution is -2.35. The Labute approximate surface area is 174 Å². The zero-order valence-electron chi connectivity index (χ0n) is 16.0. The molecule has 0 fully saturated rings. The molecule has 0 aliphatic carbocycles. The number of halogens is 3. The molecule has 0 unspecified atom stereocenters. The summed E-state index contributed by atoms with van der Waals surface area (Å²) in [5.74, 6) is -0.574. The second-order valence-electron chi connectivity index (χ2n) is 6.54. The van der Waals surface area contributed by atoms with Crippen LogP contribution in [0.5, 0.6) is 0 Å². The van der Waals surface area contributed by atoms with E-state index in [0.29, 0.717) is 5.82 Å². The van der Waals surface area contributed by atoms with E-state index in [4.69, 9.17) is 0 Å². The highest BCUT2D eigenvalue weighted by Gasteiger charge is 2.30. The fourth-order valence-electron chi connectivity index (χ4n) is 2.60.